The predicted molar refractivity (Wildman–Crippen MR) is 80.6 cm³/mol. The highest BCUT2D eigenvalue weighted by atomic mass is 32.1. The molecular formula is C13H19N3S2. The third kappa shape index (κ3) is 3.29. The number of rotatable bonds is 5. The van der Waals surface area contributed by atoms with Gasteiger partial charge in [0.05, 0.1) is 15.6 Å². The molecule has 18 heavy (non-hydrogen) atoms. The molecule has 0 bridgehead atoms. The molecule has 0 radical (unpaired) electrons. The predicted octanol–water partition coefficient (Wildman–Crippen LogP) is 4.46. The van der Waals surface area contributed by atoms with Crippen LogP contribution in [0.4, 0.5) is 5.13 Å². The molecule has 0 amide bonds. The topological polar surface area (TPSA) is 37.8 Å². The molecule has 0 aliphatic heterocycles. The smallest absolute Gasteiger partial charge is 0.183 e. The minimum atomic E-state index is 0.487. The molecule has 0 fully saturated rings. The summed E-state index contributed by atoms with van der Waals surface area (Å²) in [5.74, 6) is 1.12. The third-order valence-corrected chi connectivity index (χ3v) is 4.56. The zero-order valence-electron chi connectivity index (χ0n) is 11.2. The molecule has 2 rings (SSSR count). The van der Waals surface area contributed by atoms with E-state index in [-0.39, 0.29) is 0 Å². The van der Waals surface area contributed by atoms with Crippen LogP contribution in [0.1, 0.15) is 38.6 Å². The highest BCUT2D eigenvalue weighted by Crippen LogP contribution is 2.31. The van der Waals surface area contributed by atoms with E-state index in [4.69, 9.17) is 0 Å². The molecule has 0 spiro atoms. The van der Waals surface area contributed by atoms with E-state index in [0.29, 0.717) is 11.8 Å². The second-order valence-electron chi connectivity index (χ2n) is 5.03. The van der Waals surface area contributed by atoms with E-state index in [1.807, 2.05) is 6.20 Å². The van der Waals surface area contributed by atoms with E-state index in [9.17, 15) is 0 Å². The maximum Gasteiger partial charge on any atom is 0.183 e. The fourth-order valence-electron chi connectivity index (χ4n) is 1.43. The van der Waals surface area contributed by atoms with Crippen molar-refractivity contribution in [2.24, 2.45) is 5.92 Å². The van der Waals surface area contributed by atoms with Gasteiger partial charge in [-0.05, 0) is 5.92 Å². The Balaban J connectivity index is 2.08. The average molecular weight is 281 g/mol. The second-order valence-corrected chi connectivity index (χ2v) is 6.95. The number of hydrogen-bond donors (Lipinski definition) is 1. The van der Waals surface area contributed by atoms with Crippen LogP contribution in [0, 0.1) is 5.92 Å². The minimum Gasteiger partial charge on any atom is -0.361 e. The van der Waals surface area contributed by atoms with Crippen LogP contribution in [0.2, 0.25) is 0 Å². The van der Waals surface area contributed by atoms with Gasteiger partial charge in [0, 0.05) is 24.0 Å². The summed E-state index contributed by atoms with van der Waals surface area (Å²) >= 11 is 3.40. The van der Waals surface area contributed by atoms with Gasteiger partial charge in [-0.1, -0.05) is 27.7 Å². The molecule has 2 aromatic heterocycles. The van der Waals surface area contributed by atoms with Crippen LogP contribution < -0.4 is 5.32 Å². The first kappa shape index (κ1) is 13.5. The Labute approximate surface area is 116 Å². The number of aromatic nitrogens is 2. The van der Waals surface area contributed by atoms with Crippen molar-refractivity contribution in [1.82, 2.24) is 9.97 Å². The lowest BCUT2D eigenvalue weighted by atomic mass is 10.2. The Morgan fingerprint density at radius 2 is 2.06 bits per heavy atom. The fraction of sp³-hybridized carbons (Fsp3) is 0.538. The van der Waals surface area contributed by atoms with Crippen LogP contribution in [0.5, 0.6) is 0 Å². The molecular weight excluding hydrogens is 262 g/mol. The first-order valence-corrected chi connectivity index (χ1v) is 7.91. The molecule has 0 aromatic carbocycles. The summed E-state index contributed by atoms with van der Waals surface area (Å²) in [7, 11) is 0. The molecule has 1 N–H and O–H groups in total. The van der Waals surface area contributed by atoms with Crippen molar-refractivity contribution >= 4 is 27.8 Å². The number of hydrogen-bond acceptors (Lipinski definition) is 5. The van der Waals surface area contributed by atoms with E-state index in [1.165, 1.54) is 5.01 Å². The van der Waals surface area contributed by atoms with E-state index in [2.05, 4.69) is 48.4 Å². The normalized spacial score (nSPS) is 11.4. The molecule has 5 heteroatoms. The molecule has 2 aromatic rings. The summed E-state index contributed by atoms with van der Waals surface area (Å²) in [5, 5.41) is 7.63. The van der Waals surface area contributed by atoms with E-state index in [0.717, 1.165) is 22.2 Å². The molecule has 2 heterocycles. The summed E-state index contributed by atoms with van der Waals surface area (Å²) in [4.78, 5) is 10.2. The standard InChI is InChI=1S/C13H19N3S2/c1-8(2)5-15-13-16-10(7-17-13)11-6-14-12(18-11)9(3)4/h6-9H,5H2,1-4H3,(H,15,16). The third-order valence-electron chi connectivity index (χ3n) is 2.44. The average Bonchev–Trinajstić information content (AvgIpc) is 2.95. The molecule has 0 saturated heterocycles. The zero-order valence-corrected chi connectivity index (χ0v) is 12.9. The van der Waals surface area contributed by atoms with Gasteiger partial charge in [0.2, 0.25) is 0 Å². The Morgan fingerprint density at radius 3 is 2.67 bits per heavy atom. The van der Waals surface area contributed by atoms with E-state index >= 15 is 0 Å². The van der Waals surface area contributed by atoms with Crippen LogP contribution in [0.25, 0.3) is 10.6 Å². The maximum absolute atomic E-state index is 4.60. The van der Waals surface area contributed by atoms with Gasteiger partial charge in [0.1, 0.15) is 0 Å². The van der Waals surface area contributed by atoms with E-state index < -0.39 is 0 Å². The molecule has 0 saturated carbocycles. The van der Waals surface area contributed by atoms with Gasteiger partial charge in [-0.2, -0.15) is 0 Å². The van der Waals surface area contributed by atoms with Gasteiger partial charge in [-0.25, -0.2) is 9.97 Å². The van der Waals surface area contributed by atoms with Crippen molar-refractivity contribution in [3.05, 3.63) is 16.6 Å². The maximum atomic E-state index is 4.60. The molecule has 0 aliphatic carbocycles. The molecule has 3 nitrogen and oxygen atoms in total. The van der Waals surface area contributed by atoms with Crippen molar-refractivity contribution in [2.75, 3.05) is 11.9 Å². The van der Waals surface area contributed by atoms with Crippen LogP contribution in [0.15, 0.2) is 11.6 Å². The SMILES string of the molecule is CC(C)CNc1nc(-c2cnc(C(C)C)s2)cs1. The van der Waals surface area contributed by atoms with Crippen molar-refractivity contribution < 1.29 is 0 Å². The minimum absolute atomic E-state index is 0.487. The first-order chi connectivity index (χ1) is 8.56. The van der Waals surface area contributed by atoms with Gasteiger partial charge >= 0.3 is 0 Å². The Bertz CT molecular complexity index is 500. The van der Waals surface area contributed by atoms with Gasteiger partial charge in [0.15, 0.2) is 5.13 Å². The van der Waals surface area contributed by atoms with Gasteiger partial charge in [-0.3, -0.25) is 0 Å². The molecule has 0 unspecified atom stereocenters. The lowest BCUT2D eigenvalue weighted by Crippen LogP contribution is -2.07. The van der Waals surface area contributed by atoms with Crippen molar-refractivity contribution in [2.45, 2.75) is 33.6 Å². The Hall–Kier alpha value is -0.940. The zero-order chi connectivity index (χ0) is 13.1. The fourth-order valence-corrected chi connectivity index (χ4v) is 3.11. The van der Waals surface area contributed by atoms with Crippen molar-refractivity contribution in [3.8, 4) is 10.6 Å². The number of thiazole rings is 2. The molecule has 98 valence electrons. The lowest BCUT2D eigenvalue weighted by molar-refractivity contribution is 0.688. The van der Waals surface area contributed by atoms with Crippen LogP contribution in [-0.4, -0.2) is 16.5 Å². The molecule has 0 atom stereocenters. The summed E-state index contributed by atoms with van der Waals surface area (Å²) in [6, 6.07) is 0. The van der Waals surface area contributed by atoms with E-state index in [1.54, 1.807) is 22.7 Å². The van der Waals surface area contributed by atoms with Gasteiger partial charge < -0.3 is 5.32 Å². The number of anilines is 1. The summed E-state index contributed by atoms with van der Waals surface area (Å²) in [5.41, 5.74) is 1.04. The highest BCUT2D eigenvalue weighted by molar-refractivity contribution is 7.16. The number of nitrogens with one attached hydrogen (secondary N) is 1. The summed E-state index contributed by atoms with van der Waals surface area (Å²) < 4.78 is 0. The largest absolute Gasteiger partial charge is 0.361 e. The second kappa shape index (κ2) is 5.80. The quantitative estimate of drug-likeness (QED) is 0.879. The van der Waals surface area contributed by atoms with Crippen molar-refractivity contribution in [3.63, 3.8) is 0 Å². The van der Waals surface area contributed by atoms with Crippen LogP contribution in [-0.2, 0) is 0 Å². The lowest BCUT2D eigenvalue weighted by Gasteiger charge is -2.04. The van der Waals surface area contributed by atoms with Crippen LogP contribution in [0.3, 0.4) is 0 Å². The highest BCUT2D eigenvalue weighted by Gasteiger charge is 2.10. The molecule has 0 aliphatic rings. The first-order valence-electron chi connectivity index (χ1n) is 6.21. The summed E-state index contributed by atoms with van der Waals surface area (Å²) in [6.45, 7) is 9.69. The Kier molecular flexibility index (Phi) is 4.35. The van der Waals surface area contributed by atoms with Gasteiger partial charge in [0.25, 0.3) is 0 Å². The monoisotopic (exact) mass is 281 g/mol. The Morgan fingerprint density at radius 1 is 1.28 bits per heavy atom. The summed E-state index contributed by atoms with van der Waals surface area (Å²) in [6.07, 6.45) is 1.93. The number of nitrogens with zero attached hydrogens (tertiary/aromatic N) is 2. The van der Waals surface area contributed by atoms with Crippen LogP contribution >= 0.6 is 22.7 Å². The van der Waals surface area contributed by atoms with Crippen molar-refractivity contribution in [1.29, 1.82) is 0 Å². The van der Waals surface area contributed by atoms with Gasteiger partial charge in [-0.15, -0.1) is 22.7 Å².